The van der Waals surface area contributed by atoms with Gasteiger partial charge in [-0.2, -0.15) is 5.10 Å². The first-order chi connectivity index (χ1) is 13.1. The van der Waals surface area contributed by atoms with Crippen LogP contribution in [-0.4, -0.2) is 28.3 Å². The number of hydrazone groups is 1. The Morgan fingerprint density at radius 2 is 2.04 bits per heavy atom. The van der Waals surface area contributed by atoms with Crippen LogP contribution in [0.2, 0.25) is 0 Å². The van der Waals surface area contributed by atoms with Crippen LogP contribution in [0, 0.1) is 13.8 Å². The van der Waals surface area contributed by atoms with E-state index < -0.39 is 0 Å². The normalized spacial score (nSPS) is 10.9. The minimum absolute atomic E-state index is 0.292. The molecule has 1 N–H and O–H groups in total. The molecule has 0 radical (unpaired) electrons. The van der Waals surface area contributed by atoms with E-state index in [9.17, 15) is 4.79 Å². The van der Waals surface area contributed by atoms with Crippen LogP contribution in [0.3, 0.4) is 0 Å². The maximum absolute atomic E-state index is 12.0. The lowest BCUT2D eigenvalue weighted by molar-refractivity contribution is 0.0955. The van der Waals surface area contributed by atoms with E-state index >= 15 is 0 Å². The molecule has 0 saturated heterocycles. The SMILES string of the molecule is CCOc1ccc(-n2c(C)cc(/C=N/NC(=O)c3cccnc3)c2C)cc1. The summed E-state index contributed by atoms with van der Waals surface area (Å²) in [5.41, 5.74) is 7.10. The van der Waals surface area contributed by atoms with Crippen LogP contribution in [-0.2, 0) is 0 Å². The van der Waals surface area contributed by atoms with Gasteiger partial charge in [0.25, 0.3) is 5.91 Å². The van der Waals surface area contributed by atoms with Gasteiger partial charge in [0.15, 0.2) is 0 Å². The number of nitrogens with one attached hydrogen (secondary N) is 1. The highest BCUT2D eigenvalue weighted by Crippen LogP contribution is 2.22. The Labute approximate surface area is 158 Å². The second kappa shape index (κ2) is 8.31. The molecule has 0 atom stereocenters. The Kier molecular flexibility index (Phi) is 5.66. The molecule has 0 saturated carbocycles. The summed E-state index contributed by atoms with van der Waals surface area (Å²) in [5, 5.41) is 4.08. The first kappa shape index (κ1) is 18.4. The van der Waals surface area contributed by atoms with Crippen molar-refractivity contribution in [2.24, 2.45) is 5.10 Å². The summed E-state index contributed by atoms with van der Waals surface area (Å²) in [6.45, 7) is 6.67. The zero-order valence-electron chi connectivity index (χ0n) is 15.6. The van der Waals surface area contributed by atoms with Gasteiger partial charge in [0.2, 0.25) is 0 Å². The lowest BCUT2D eigenvalue weighted by Crippen LogP contribution is -2.17. The van der Waals surface area contributed by atoms with Crippen LogP contribution in [0.5, 0.6) is 5.75 Å². The third kappa shape index (κ3) is 4.23. The average Bonchev–Trinajstić information content (AvgIpc) is 2.97. The molecule has 0 aliphatic carbocycles. The van der Waals surface area contributed by atoms with E-state index in [0.717, 1.165) is 28.4 Å². The number of hydrogen-bond donors (Lipinski definition) is 1. The van der Waals surface area contributed by atoms with E-state index in [4.69, 9.17) is 4.74 Å². The number of benzene rings is 1. The Hall–Kier alpha value is -3.41. The van der Waals surface area contributed by atoms with Crippen molar-refractivity contribution in [3.8, 4) is 11.4 Å². The molecular formula is C21H22N4O2. The highest BCUT2D eigenvalue weighted by atomic mass is 16.5. The molecule has 1 amide bonds. The molecule has 0 bridgehead atoms. The molecule has 0 fully saturated rings. The van der Waals surface area contributed by atoms with Gasteiger partial charge in [0.05, 0.1) is 18.4 Å². The Morgan fingerprint density at radius 1 is 1.26 bits per heavy atom. The maximum Gasteiger partial charge on any atom is 0.272 e. The highest BCUT2D eigenvalue weighted by Gasteiger charge is 2.10. The number of nitrogens with zero attached hydrogens (tertiary/aromatic N) is 3. The second-order valence-corrected chi connectivity index (χ2v) is 6.03. The fourth-order valence-corrected chi connectivity index (χ4v) is 2.90. The molecule has 0 unspecified atom stereocenters. The van der Waals surface area contributed by atoms with Crippen LogP contribution < -0.4 is 10.2 Å². The molecule has 6 nitrogen and oxygen atoms in total. The van der Waals surface area contributed by atoms with Crippen molar-refractivity contribution in [3.63, 3.8) is 0 Å². The Morgan fingerprint density at radius 3 is 2.70 bits per heavy atom. The van der Waals surface area contributed by atoms with Crippen LogP contribution in [0.1, 0.15) is 34.2 Å². The molecule has 2 aromatic heterocycles. The fraction of sp³-hybridized carbons (Fsp3) is 0.190. The summed E-state index contributed by atoms with van der Waals surface area (Å²) in [5.74, 6) is 0.559. The van der Waals surface area contributed by atoms with Crippen molar-refractivity contribution in [2.45, 2.75) is 20.8 Å². The van der Waals surface area contributed by atoms with Gasteiger partial charge in [0, 0.05) is 35.0 Å². The second-order valence-electron chi connectivity index (χ2n) is 6.03. The number of pyridine rings is 1. The van der Waals surface area contributed by atoms with Gasteiger partial charge >= 0.3 is 0 Å². The summed E-state index contributed by atoms with van der Waals surface area (Å²) in [7, 11) is 0. The smallest absolute Gasteiger partial charge is 0.272 e. The van der Waals surface area contributed by atoms with Crippen molar-refractivity contribution in [3.05, 3.63) is 77.4 Å². The number of carbonyl (C=O) groups excluding carboxylic acids is 1. The third-order valence-electron chi connectivity index (χ3n) is 4.17. The topological polar surface area (TPSA) is 68.5 Å². The van der Waals surface area contributed by atoms with Crippen LogP contribution in [0.4, 0.5) is 0 Å². The third-order valence-corrected chi connectivity index (χ3v) is 4.17. The monoisotopic (exact) mass is 362 g/mol. The minimum Gasteiger partial charge on any atom is -0.494 e. The summed E-state index contributed by atoms with van der Waals surface area (Å²) in [4.78, 5) is 15.9. The van der Waals surface area contributed by atoms with E-state index in [1.807, 2.05) is 51.1 Å². The lowest BCUT2D eigenvalue weighted by atomic mass is 10.2. The Bertz CT molecular complexity index is 944. The standard InChI is InChI=1S/C21H22N4O2/c1-4-27-20-9-7-19(8-10-20)25-15(2)12-18(16(25)3)14-23-24-21(26)17-6-5-11-22-13-17/h5-14H,4H2,1-3H3,(H,24,26)/b23-14+. The Balaban J connectivity index is 1.76. The molecule has 6 heteroatoms. The van der Waals surface area contributed by atoms with Gasteiger partial charge in [-0.25, -0.2) is 5.43 Å². The first-order valence-electron chi connectivity index (χ1n) is 8.75. The average molecular weight is 362 g/mol. The number of ether oxygens (including phenoxy) is 1. The van der Waals surface area contributed by atoms with Gasteiger partial charge in [-0.05, 0) is 63.2 Å². The van der Waals surface area contributed by atoms with Gasteiger partial charge in [-0.15, -0.1) is 0 Å². The number of amides is 1. The summed E-state index contributed by atoms with van der Waals surface area (Å²) >= 11 is 0. The highest BCUT2D eigenvalue weighted by molar-refractivity contribution is 5.94. The van der Waals surface area contributed by atoms with Gasteiger partial charge in [-0.1, -0.05) is 0 Å². The van der Waals surface area contributed by atoms with Gasteiger partial charge < -0.3 is 9.30 Å². The van der Waals surface area contributed by atoms with E-state index in [0.29, 0.717) is 12.2 Å². The summed E-state index contributed by atoms with van der Waals surface area (Å²) < 4.78 is 7.64. The molecule has 3 aromatic rings. The largest absolute Gasteiger partial charge is 0.494 e. The number of carbonyl (C=O) groups is 1. The molecule has 0 aliphatic heterocycles. The molecule has 2 heterocycles. The molecule has 27 heavy (non-hydrogen) atoms. The molecule has 3 rings (SSSR count). The summed E-state index contributed by atoms with van der Waals surface area (Å²) in [6, 6.07) is 13.4. The van der Waals surface area contributed by atoms with E-state index in [2.05, 4.69) is 20.1 Å². The minimum atomic E-state index is -0.292. The van der Waals surface area contributed by atoms with Crippen LogP contribution >= 0.6 is 0 Å². The summed E-state index contributed by atoms with van der Waals surface area (Å²) in [6.07, 6.45) is 4.78. The van der Waals surface area contributed by atoms with Crippen LogP contribution in [0.25, 0.3) is 5.69 Å². The van der Waals surface area contributed by atoms with Crippen molar-refractivity contribution < 1.29 is 9.53 Å². The molecule has 138 valence electrons. The quantitative estimate of drug-likeness (QED) is 0.537. The van der Waals surface area contributed by atoms with E-state index in [-0.39, 0.29) is 5.91 Å². The predicted molar refractivity (Wildman–Crippen MR) is 106 cm³/mol. The predicted octanol–water partition coefficient (Wildman–Crippen LogP) is 3.65. The number of hydrogen-bond acceptors (Lipinski definition) is 4. The molecule has 0 spiro atoms. The number of aromatic nitrogens is 2. The van der Waals surface area contributed by atoms with Crippen LogP contribution in [0.15, 0.2) is 60.0 Å². The van der Waals surface area contributed by atoms with Crippen molar-refractivity contribution in [1.82, 2.24) is 15.0 Å². The molecule has 0 aliphatic rings. The maximum atomic E-state index is 12.0. The number of aryl methyl sites for hydroxylation is 1. The van der Waals surface area contributed by atoms with Gasteiger partial charge in [-0.3, -0.25) is 9.78 Å². The number of rotatable bonds is 6. The van der Waals surface area contributed by atoms with Gasteiger partial charge in [0.1, 0.15) is 5.75 Å². The van der Waals surface area contributed by atoms with Crippen molar-refractivity contribution in [1.29, 1.82) is 0 Å². The van der Waals surface area contributed by atoms with E-state index in [1.165, 1.54) is 6.20 Å². The fourth-order valence-electron chi connectivity index (χ4n) is 2.90. The molecular weight excluding hydrogens is 340 g/mol. The zero-order chi connectivity index (χ0) is 19.2. The lowest BCUT2D eigenvalue weighted by Gasteiger charge is -2.10. The first-order valence-corrected chi connectivity index (χ1v) is 8.75. The van der Waals surface area contributed by atoms with E-state index in [1.54, 1.807) is 24.5 Å². The van der Waals surface area contributed by atoms with Crippen molar-refractivity contribution >= 4 is 12.1 Å². The molecule has 1 aromatic carbocycles. The van der Waals surface area contributed by atoms with Crippen molar-refractivity contribution in [2.75, 3.05) is 6.61 Å². The zero-order valence-corrected chi connectivity index (χ0v) is 15.6.